The van der Waals surface area contributed by atoms with Crippen LogP contribution >= 0.6 is 0 Å². The first-order chi connectivity index (χ1) is 53.8. The maximum Gasteiger partial charge on any atom is 0.549 e. The summed E-state index contributed by atoms with van der Waals surface area (Å²) in [5.41, 5.74) is 5.36. The van der Waals surface area contributed by atoms with Crippen LogP contribution in [0, 0.1) is 0 Å². The van der Waals surface area contributed by atoms with Gasteiger partial charge < -0.3 is 110 Å². The smallest absolute Gasteiger partial charge is 0.389 e. The molecule has 0 bridgehead atoms. The molecule has 1 aliphatic heterocycles. The van der Waals surface area contributed by atoms with E-state index in [0.717, 1.165) is 68.9 Å². The van der Waals surface area contributed by atoms with E-state index in [9.17, 15) is 5.11 Å². The minimum atomic E-state index is -2.45. The molecule has 28 nitrogen and oxygen atoms in total. The number of hydrogen-bond acceptors (Lipinski definition) is 28. The molecule has 712 valence electrons. The number of ether oxygens (including phenoxy) is 3. The highest BCUT2D eigenvalue weighted by Crippen LogP contribution is 2.16. The molecule has 36 heteroatoms. The van der Waals surface area contributed by atoms with Gasteiger partial charge in [-0.2, -0.15) is 0 Å². The fourth-order valence-electron chi connectivity index (χ4n) is 5.69. The van der Waals surface area contributed by atoms with Gasteiger partial charge in [-0.25, -0.2) is 0 Å². The van der Waals surface area contributed by atoms with Crippen LogP contribution in [0.1, 0.15) is 290 Å². The summed E-state index contributed by atoms with van der Waals surface area (Å²) < 4.78 is 142. The highest BCUT2D eigenvalue weighted by Gasteiger charge is 2.39. The molecular weight excluding hydrogens is 1580 g/mol. The first-order valence-electron chi connectivity index (χ1n) is 41.7. The van der Waals surface area contributed by atoms with Crippen molar-refractivity contribution in [1.82, 2.24) is 5.32 Å². The third kappa shape index (κ3) is 151. The molecule has 1 saturated heterocycles. The van der Waals surface area contributed by atoms with Crippen molar-refractivity contribution in [1.29, 1.82) is 0 Å². The lowest BCUT2D eigenvalue weighted by Gasteiger charge is -2.24. The van der Waals surface area contributed by atoms with Crippen molar-refractivity contribution in [3.63, 3.8) is 0 Å². The lowest BCUT2D eigenvalue weighted by atomic mass is 10.3. The molecule has 112 heavy (non-hydrogen) atoms. The van der Waals surface area contributed by atoms with Gasteiger partial charge in [0.2, 0.25) is 0 Å². The van der Waals surface area contributed by atoms with Crippen molar-refractivity contribution in [2.24, 2.45) is 5.73 Å². The first-order valence-corrected chi connectivity index (χ1v) is 54.9. The fraction of sp³-hybridized carbons (Fsp3) is 1.00. The highest BCUT2D eigenvalue weighted by molar-refractivity contribution is 6.62. The van der Waals surface area contributed by atoms with Crippen LogP contribution in [0.25, 0.3) is 0 Å². The molecule has 1 heterocycles. The predicted octanol–water partition coefficient (Wildman–Crippen LogP) is 20.4. The molecule has 4 N–H and O–H groups in total. The summed E-state index contributed by atoms with van der Waals surface area (Å²) in [6.07, 6.45) is 2.18. The van der Waals surface area contributed by atoms with Gasteiger partial charge in [0.15, 0.2) is 0 Å². The lowest BCUT2D eigenvalue weighted by molar-refractivity contribution is 0.00646. The number of rotatable bonds is 37. The van der Waals surface area contributed by atoms with E-state index in [1.165, 1.54) is 0 Å². The van der Waals surface area contributed by atoms with Crippen LogP contribution in [-0.2, 0) is 112 Å². The summed E-state index contributed by atoms with van der Waals surface area (Å²) >= 11 is 0. The van der Waals surface area contributed by atoms with Crippen molar-refractivity contribution in [3.8, 4) is 0 Å². The summed E-state index contributed by atoms with van der Waals surface area (Å²) in [5.74, 6) is 0. The minimum Gasteiger partial charge on any atom is -0.389 e. The molecule has 0 aromatic carbocycles. The average Bonchev–Trinajstić information content (AvgIpc) is 1.01. The quantitative estimate of drug-likeness (QED) is 0.0295. The maximum absolute atomic E-state index is 9.64. The summed E-state index contributed by atoms with van der Waals surface area (Å²) in [4.78, 5) is 0. The summed E-state index contributed by atoms with van der Waals surface area (Å²) in [6, 6.07) is 4.80. The molecule has 0 radical (unpaired) electrons. The Morgan fingerprint density at radius 3 is 0.634 bits per heavy atom. The van der Waals surface area contributed by atoms with E-state index in [2.05, 4.69) is 5.32 Å². The molecule has 0 saturated carbocycles. The molecule has 1 fully saturated rings. The van der Waals surface area contributed by atoms with Crippen molar-refractivity contribution < 1.29 is 117 Å². The molecule has 0 spiro atoms. The SMILES string of the molecule is CC.CC.CC.CC.CC.CC.CC.CC.CC.CC.CC.CC.CC.CC.CC.CC.CC(C)OCC1CO1.CC[Si](OC)(OC)OC.CC[Si](OC)(OC)OC.CC[Si](OC)(OC)OC.CC[Si](OC)(OC)OC.CO[Si](CCCN)(OC)OC.CO[Si](CCCNCC(O)COC(C)C)(OC)OC.O=[Si]=O.O=[Si]=O. The number of aliphatic hydroxyl groups is 1. The van der Waals surface area contributed by atoms with Crippen LogP contribution in [0.4, 0.5) is 0 Å². The Kier molecular flexibility index (Phi) is 289. The molecule has 2 unspecified atom stereocenters. The van der Waals surface area contributed by atoms with Crippen LogP contribution in [0.2, 0.25) is 36.3 Å². The Labute approximate surface area is 713 Å². The Bertz CT molecular complexity index is 1160. The fourth-order valence-corrected chi connectivity index (χ4v) is 14.6. The zero-order chi connectivity index (χ0) is 96.2. The second-order valence-electron chi connectivity index (χ2n) is 15.9. The average molecular weight is 1790 g/mol. The molecule has 0 aromatic heterocycles. The van der Waals surface area contributed by atoms with Crippen molar-refractivity contribution in [2.45, 2.75) is 350 Å². The molecular formula is C76H210N2O26Si8. The Hall–Kier alpha value is -0.0249. The van der Waals surface area contributed by atoms with Crippen LogP contribution < -0.4 is 11.1 Å². The zero-order valence-corrected chi connectivity index (χ0v) is 93.9. The molecule has 0 aromatic rings. The summed E-state index contributed by atoms with van der Waals surface area (Å²) in [5, 5.41) is 12.8. The van der Waals surface area contributed by atoms with Gasteiger partial charge in [-0.3, -0.25) is 17.8 Å². The van der Waals surface area contributed by atoms with Crippen LogP contribution in [0.5, 0.6) is 0 Å². The summed E-state index contributed by atoms with van der Waals surface area (Å²) in [6.45, 7) is 83.9. The normalized spacial score (nSPS) is 10.3. The van der Waals surface area contributed by atoms with Crippen molar-refractivity contribution in [2.75, 3.05) is 167 Å². The second-order valence-corrected chi connectivity index (χ2v) is 35.6. The van der Waals surface area contributed by atoms with E-state index < -0.39 is 77.5 Å². The highest BCUT2D eigenvalue weighted by atomic mass is 28.4. The number of epoxide rings is 1. The third-order valence-corrected chi connectivity index (χ3v) is 27.5. The summed E-state index contributed by atoms with van der Waals surface area (Å²) in [7, 11) is 12.6. The molecule has 1 rings (SSSR count). The first kappa shape index (κ1) is 178. The number of nitrogens with two attached hydrogens (primary N) is 1. The van der Waals surface area contributed by atoms with Crippen LogP contribution in [0.3, 0.4) is 0 Å². The van der Waals surface area contributed by atoms with E-state index in [-0.39, 0.29) is 6.10 Å². The Morgan fingerprint density at radius 1 is 0.339 bits per heavy atom. The molecule has 0 aliphatic carbocycles. The van der Waals surface area contributed by atoms with E-state index in [1.54, 1.807) is 128 Å². The maximum atomic E-state index is 9.64. The van der Waals surface area contributed by atoms with Gasteiger partial charge in [-0.1, -0.05) is 249 Å². The largest absolute Gasteiger partial charge is 0.549 e. The molecule has 0 amide bonds. The zero-order valence-electron chi connectivity index (χ0n) is 85.9. The minimum absolute atomic E-state index is 0.145. The van der Waals surface area contributed by atoms with E-state index in [0.29, 0.717) is 31.9 Å². The van der Waals surface area contributed by atoms with Gasteiger partial charge in [0, 0.05) is 171 Å². The third-order valence-electron chi connectivity index (χ3n) is 10.9. The van der Waals surface area contributed by atoms with Gasteiger partial charge >= 0.3 is 71.4 Å². The van der Waals surface area contributed by atoms with Gasteiger partial charge in [-0.15, -0.1) is 0 Å². The lowest BCUT2D eigenvalue weighted by Crippen LogP contribution is -2.43. The standard InChI is InChI=1S/C12H29NO5Si.C6H17NO3Si.C6H12O2.4C5H14O3Si.16C2H6.2O2Si/c1-11(2)18-10-12(14)9-13-7-6-8-19(15-3,16-4)17-5;1-8-11(9-2,10-3)6-4-5-7;1-5(2)7-3-6-4-8-6;4*1-5-9(6-2,7-3)8-4;16*1-2;2*1-3-2/h11-14H,6-10H2,1-5H3;4-7H2,1-3H3;5-6H,3-4H2,1-2H3;4*5H2,1-4H3;16*1-2H3;;. The van der Waals surface area contributed by atoms with Gasteiger partial charge in [0.05, 0.1) is 38.1 Å². The van der Waals surface area contributed by atoms with E-state index >= 15 is 0 Å². The Morgan fingerprint density at radius 2 is 0.509 bits per heavy atom. The number of aliphatic hydroxyl groups excluding tert-OH is 1. The van der Waals surface area contributed by atoms with E-state index in [1.807, 2.05) is 277 Å². The molecule has 2 atom stereocenters. The topological polar surface area (TPSA) is 324 Å². The van der Waals surface area contributed by atoms with Crippen LogP contribution in [-0.4, -0.2) is 268 Å². The van der Waals surface area contributed by atoms with Crippen LogP contribution in [0.15, 0.2) is 0 Å². The van der Waals surface area contributed by atoms with Gasteiger partial charge in [-0.05, 0) is 53.6 Å². The Balaban J connectivity index is -0.0000000345. The number of hydrogen-bond donors (Lipinski definition) is 3. The monoisotopic (exact) mass is 1790 g/mol. The van der Waals surface area contributed by atoms with Crippen molar-refractivity contribution in [3.05, 3.63) is 0 Å². The second kappa shape index (κ2) is 182. The van der Waals surface area contributed by atoms with E-state index in [4.69, 9.17) is 117 Å². The van der Waals surface area contributed by atoms with Gasteiger partial charge in [0.1, 0.15) is 6.10 Å². The van der Waals surface area contributed by atoms with Gasteiger partial charge in [0.25, 0.3) is 0 Å². The van der Waals surface area contributed by atoms with Crippen molar-refractivity contribution >= 4 is 71.4 Å². The molecule has 1 aliphatic rings. The number of nitrogens with one attached hydrogen (secondary N) is 1. The predicted molar refractivity (Wildman–Crippen MR) is 497 cm³/mol.